The first kappa shape index (κ1) is 12.0. The highest BCUT2D eigenvalue weighted by Crippen LogP contribution is 2.25. The lowest BCUT2D eigenvalue weighted by Gasteiger charge is -2.16. The number of hydrogen-bond donors (Lipinski definition) is 1. The fourth-order valence-electron chi connectivity index (χ4n) is 2.22. The van der Waals surface area contributed by atoms with Gasteiger partial charge in [-0.15, -0.1) is 0 Å². The quantitative estimate of drug-likeness (QED) is 0.809. The second-order valence-electron chi connectivity index (χ2n) is 5.17. The molecule has 1 amide bonds. The van der Waals surface area contributed by atoms with Crippen molar-refractivity contribution in [3.63, 3.8) is 0 Å². The lowest BCUT2D eigenvalue weighted by molar-refractivity contribution is 0.0784. The van der Waals surface area contributed by atoms with Crippen molar-refractivity contribution >= 4 is 5.91 Å². The zero-order valence-corrected chi connectivity index (χ0v) is 10.6. The molecule has 0 aromatic heterocycles. The molecule has 1 aromatic carbocycles. The summed E-state index contributed by atoms with van der Waals surface area (Å²) in [6.07, 6.45) is 0. The Kier molecular flexibility index (Phi) is 3.09. The van der Waals surface area contributed by atoms with Crippen LogP contribution in [0.15, 0.2) is 18.2 Å². The number of rotatable bonds is 1. The van der Waals surface area contributed by atoms with E-state index in [-0.39, 0.29) is 11.7 Å². The van der Waals surface area contributed by atoms with Crippen LogP contribution >= 0.6 is 0 Å². The van der Waals surface area contributed by atoms with E-state index in [0.717, 1.165) is 18.7 Å². The molecule has 2 atom stereocenters. The zero-order valence-electron chi connectivity index (χ0n) is 10.6. The summed E-state index contributed by atoms with van der Waals surface area (Å²) in [6.45, 7) is 7.79. The van der Waals surface area contributed by atoms with E-state index in [4.69, 9.17) is 0 Å². The topological polar surface area (TPSA) is 40.5 Å². The number of carbonyl (C=O) groups is 1. The maximum absolute atomic E-state index is 12.2. The van der Waals surface area contributed by atoms with Crippen LogP contribution in [-0.4, -0.2) is 29.0 Å². The number of likely N-dealkylation sites (tertiary alicyclic amines) is 1. The average Bonchev–Trinajstić information content (AvgIpc) is 2.62. The van der Waals surface area contributed by atoms with E-state index < -0.39 is 0 Å². The van der Waals surface area contributed by atoms with E-state index in [9.17, 15) is 9.90 Å². The van der Waals surface area contributed by atoms with Crippen LogP contribution in [0.3, 0.4) is 0 Å². The largest absolute Gasteiger partial charge is 0.508 e. The summed E-state index contributed by atoms with van der Waals surface area (Å²) < 4.78 is 0. The Labute approximate surface area is 102 Å². The smallest absolute Gasteiger partial charge is 0.254 e. The van der Waals surface area contributed by atoms with Crippen LogP contribution in [0.5, 0.6) is 5.75 Å². The van der Waals surface area contributed by atoms with Crippen LogP contribution in [0.2, 0.25) is 0 Å². The number of hydrogen-bond acceptors (Lipinski definition) is 2. The molecular formula is C14H19NO2. The Hall–Kier alpha value is -1.51. The molecule has 1 fully saturated rings. The third-order valence-corrected chi connectivity index (χ3v) is 3.73. The molecule has 92 valence electrons. The summed E-state index contributed by atoms with van der Waals surface area (Å²) in [5, 5.41) is 9.63. The van der Waals surface area contributed by atoms with Crippen LogP contribution in [0, 0.1) is 18.8 Å². The van der Waals surface area contributed by atoms with Crippen molar-refractivity contribution in [2.75, 3.05) is 13.1 Å². The van der Waals surface area contributed by atoms with E-state index in [0.29, 0.717) is 17.4 Å². The predicted octanol–water partition coefficient (Wildman–Crippen LogP) is 2.43. The van der Waals surface area contributed by atoms with Gasteiger partial charge in [0.25, 0.3) is 5.91 Å². The van der Waals surface area contributed by atoms with E-state index in [1.165, 1.54) is 0 Å². The number of nitrogens with zero attached hydrogens (tertiary/aromatic N) is 1. The standard InChI is InChI=1S/C14H19NO2/c1-9-4-5-12(6-13(9)16)14(17)15-7-10(2)11(3)8-15/h4-6,10-11,16H,7-8H2,1-3H3. The molecule has 0 spiro atoms. The molecule has 1 N–H and O–H groups in total. The van der Waals surface area contributed by atoms with Crippen molar-refractivity contribution in [3.8, 4) is 5.75 Å². The molecule has 0 radical (unpaired) electrons. The van der Waals surface area contributed by atoms with Gasteiger partial charge in [0.2, 0.25) is 0 Å². The number of carbonyl (C=O) groups excluding carboxylic acids is 1. The molecule has 1 aliphatic heterocycles. The molecular weight excluding hydrogens is 214 g/mol. The van der Waals surface area contributed by atoms with Gasteiger partial charge in [-0.3, -0.25) is 4.79 Å². The minimum atomic E-state index is 0.0245. The van der Waals surface area contributed by atoms with Gasteiger partial charge in [0.05, 0.1) is 0 Å². The maximum Gasteiger partial charge on any atom is 0.254 e. The van der Waals surface area contributed by atoms with Crippen molar-refractivity contribution in [2.24, 2.45) is 11.8 Å². The summed E-state index contributed by atoms with van der Waals surface area (Å²) in [4.78, 5) is 14.1. The van der Waals surface area contributed by atoms with Crippen molar-refractivity contribution in [1.29, 1.82) is 0 Å². The van der Waals surface area contributed by atoms with E-state index in [1.807, 2.05) is 11.8 Å². The van der Waals surface area contributed by atoms with Gasteiger partial charge in [-0.05, 0) is 36.5 Å². The van der Waals surface area contributed by atoms with Gasteiger partial charge in [-0.1, -0.05) is 19.9 Å². The highest BCUT2D eigenvalue weighted by molar-refractivity contribution is 5.94. The summed E-state index contributed by atoms with van der Waals surface area (Å²) in [7, 11) is 0. The molecule has 1 aliphatic rings. The molecule has 1 aromatic rings. The molecule has 2 unspecified atom stereocenters. The number of aryl methyl sites for hydroxylation is 1. The van der Waals surface area contributed by atoms with Crippen LogP contribution in [0.1, 0.15) is 29.8 Å². The fourth-order valence-corrected chi connectivity index (χ4v) is 2.22. The molecule has 0 bridgehead atoms. The Morgan fingerprint density at radius 3 is 2.41 bits per heavy atom. The number of phenols is 1. The molecule has 3 nitrogen and oxygen atoms in total. The van der Waals surface area contributed by atoms with Gasteiger partial charge < -0.3 is 10.0 Å². The third kappa shape index (κ3) is 2.28. The number of amides is 1. The maximum atomic E-state index is 12.2. The minimum absolute atomic E-state index is 0.0245. The lowest BCUT2D eigenvalue weighted by atomic mass is 10.0. The van der Waals surface area contributed by atoms with E-state index in [2.05, 4.69) is 13.8 Å². The molecule has 1 heterocycles. The van der Waals surface area contributed by atoms with Crippen LogP contribution in [0.4, 0.5) is 0 Å². The fraction of sp³-hybridized carbons (Fsp3) is 0.500. The molecule has 2 rings (SSSR count). The van der Waals surface area contributed by atoms with Crippen molar-refractivity contribution in [3.05, 3.63) is 29.3 Å². The summed E-state index contributed by atoms with van der Waals surface area (Å²) in [6, 6.07) is 5.13. The van der Waals surface area contributed by atoms with Crippen molar-refractivity contribution in [1.82, 2.24) is 4.90 Å². The molecule has 1 saturated heterocycles. The van der Waals surface area contributed by atoms with Gasteiger partial charge in [0.1, 0.15) is 5.75 Å². The van der Waals surface area contributed by atoms with Gasteiger partial charge >= 0.3 is 0 Å². The zero-order chi connectivity index (χ0) is 12.6. The number of benzene rings is 1. The van der Waals surface area contributed by atoms with Crippen LogP contribution in [-0.2, 0) is 0 Å². The van der Waals surface area contributed by atoms with Gasteiger partial charge in [0, 0.05) is 18.7 Å². The highest BCUT2D eigenvalue weighted by atomic mass is 16.3. The van der Waals surface area contributed by atoms with E-state index >= 15 is 0 Å². The monoisotopic (exact) mass is 233 g/mol. The Bertz CT molecular complexity index is 432. The van der Waals surface area contributed by atoms with Crippen molar-refractivity contribution in [2.45, 2.75) is 20.8 Å². The lowest BCUT2D eigenvalue weighted by Crippen LogP contribution is -2.28. The normalized spacial score (nSPS) is 24.1. The summed E-state index contributed by atoms with van der Waals surface area (Å²) in [5.41, 5.74) is 1.37. The number of phenolic OH excluding ortho intramolecular Hbond substituents is 1. The first-order valence-corrected chi connectivity index (χ1v) is 6.08. The molecule has 0 aliphatic carbocycles. The van der Waals surface area contributed by atoms with Gasteiger partial charge in [0.15, 0.2) is 0 Å². The highest BCUT2D eigenvalue weighted by Gasteiger charge is 2.29. The van der Waals surface area contributed by atoms with Gasteiger partial charge in [-0.25, -0.2) is 0 Å². The summed E-state index contributed by atoms with van der Waals surface area (Å²) in [5.74, 6) is 1.32. The first-order valence-electron chi connectivity index (χ1n) is 6.08. The Balaban J connectivity index is 2.17. The minimum Gasteiger partial charge on any atom is -0.508 e. The third-order valence-electron chi connectivity index (χ3n) is 3.73. The Morgan fingerprint density at radius 2 is 1.88 bits per heavy atom. The molecule has 3 heteroatoms. The van der Waals surface area contributed by atoms with Crippen LogP contribution in [0.25, 0.3) is 0 Å². The van der Waals surface area contributed by atoms with Gasteiger partial charge in [-0.2, -0.15) is 0 Å². The second-order valence-corrected chi connectivity index (χ2v) is 5.17. The number of aromatic hydroxyl groups is 1. The SMILES string of the molecule is Cc1ccc(C(=O)N2CC(C)C(C)C2)cc1O. The Morgan fingerprint density at radius 1 is 1.29 bits per heavy atom. The average molecular weight is 233 g/mol. The van der Waals surface area contributed by atoms with Crippen LogP contribution < -0.4 is 0 Å². The molecule has 17 heavy (non-hydrogen) atoms. The summed E-state index contributed by atoms with van der Waals surface area (Å²) >= 11 is 0. The van der Waals surface area contributed by atoms with Crippen molar-refractivity contribution < 1.29 is 9.90 Å². The van der Waals surface area contributed by atoms with E-state index in [1.54, 1.807) is 18.2 Å². The second kappa shape index (κ2) is 4.40. The first-order chi connectivity index (χ1) is 7.99. The molecule has 0 saturated carbocycles. The predicted molar refractivity (Wildman–Crippen MR) is 67.1 cm³/mol.